The summed E-state index contributed by atoms with van der Waals surface area (Å²) in [6.07, 6.45) is 7.00. The number of pyridine rings is 1. The van der Waals surface area contributed by atoms with Crippen LogP contribution >= 0.6 is 0 Å². The zero-order valence-corrected chi connectivity index (χ0v) is 14.3. The third kappa shape index (κ3) is 3.66. The number of aromatic nitrogens is 1. The van der Waals surface area contributed by atoms with Gasteiger partial charge >= 0.3 is 6.03 Å². The predicted molar refractivity (Wildman–Crippen MR) is 98.4 cm³/mol. The summed E-state index contributed by atoms with van der Waals surface area (Å²) in [5, 5.41) is 6.21. The average molecular weight is 336 g/mol. The van der Waals surface area contributed by atoms with E-state index in [2.05, 4.69) is 26.6 Å². The number of fused-ring (bicyclic) bond motifs is 3. The Labute approximate surface area is 148 Å². The summed E-state index contributed by atoms with van der Waals surface area (Å²) >= 11 is 0. The van der Waals surface area contributed by atoms with E-state index in [1.54, 1.807) is 6.20 Å². The van der Waals surface area contributed by atoms with E-state index < -0.39 is 0 Å². The van der Waals surface area contributed by atoms with Crippen molar-refractivity contribution in [2.24, 2.45) is 5.92 Å². The van der Waals surface area contributed by atoms with Crippen LogP contribution in [0.5, 0.6) is 0 Å². The highest BCUT2D eigenvalue weighted by molar-refractivity contribution is 5.89. The number of amides is 2. The molecule has 0 spiro atoms. The van der Waals surface area contributed by atoms with Gasteiger partial charge in [0.25, 0.3) is 0 Å². The van der Waals surface area contributed by atoms with Crippen molar-refractivity contribution in [1.82, 2.24) is 15.2 Å². The number of anilines is 1. The highest BCUT2D eigenvalue weighted by atomic mass is 16.2. The molecule has 3 fully saturated rings. The molecular formula is C20H24N4O. The van der Waals surface area contributed by atoms with E-state index >= 15 is 0 Å². The summed E-state index contributed by atoms with van der Waals surface area (Å²) in [5.74, 6) is 0.563. The fourth-order valence-electron chi connectivity index (χ4n) is 4.22. The monoisotopic (exact) mass is 336 g/mol. The summed E-state index contributed by atoms with van der Waals surface area (Å²) < 4.78 is 0. The summed E-state index contributed by atoms with van der Waals surface area (Å²) in [7, 11) is 0. The van der Waals surface area contributed by atoms with Crippen molar-refractivity contribution in [1.29, 1.82) is 0 Å². The van der Waals surface area contributed by atoms with Gasteiger partial charge in [-0.05, 0) is 62.0 Å². The van der Waals surface area contributed by atoms with Gasteiger partial charge in [-0.3, -0.25) is 9.88 Å². The molecule has 1 aromatic carbocycles. The van der Waals surface area contributed by atoms with Crippen molar-refractivity contribution in [2.75, 3.05) is 18.4 Å². The second-order valence-corrected chi connectivity index (χ2v) is 7.00. The first-order chi connectivity index (χ1) is 12.3. The lowest BCUT2D eigenvalue weighted by molar-refractivity contribution is 0.0184. The molecule has 25 heavy (non-hydrogen) atoms. The number of urea groups is 1. The Morgan fingerprint density at radius 1 is 1.12 bits per heavy atom. The SMILES string of the molecule is O=C(Nc1ccccc1)NC1C2CCN(CC2)C1Cc1cccnc1. The van der Waals surface area contributed by atoms with Crippen molar-refractivity contribution in [3.05, 3.63) is 60.4 Å². The van der Waals surface area contributed by atoms with Crippen molar-refractivity contribution in [3.8, 4) is 0 Å². The maximum absolute atomic E-state index is 12.5. The lowest BCUT2D eigenvalue weighted by atomic mass is 9.77. The minimum Gasteiger partial charge on any atom is -0.333 e. The van der Waals surface area contributed by atoms with Crippen LogP contribution in [0.4, 0.5) is 10.5 Å². The van der Waals surface area contributed by atoms with Crippen LogP contribution in [-0.2, 0) is 6.42 Å². The second-order valence-electron chi connectivity index (χ2n) is 7.00. The number of piperidine rings is 3. The van der Waals surface area contributed by atoms with Gasteiger partial charge in [-0.25, -0.2) is 4.79 Å². The minimum atomic E-state index is -0.110. The molecule has 2 atom stereocenters. The molecule has 3 aliphatic rings. The summed E-state index contributed by atoms with van der Waals surface area (Å²) in [5.41, 5.74) is 2.06. The van der Waals surface area contributed by atoms with Crippen LogP contribution in [0.15, 0.2) is 54.9 Å². The summed E-state index contributed by atoms with van der Waals surface area (Å²) in [6.45, 7) is 2.27. The van der Waals surface area contributed by atoms with E-state index in [0.717, 1.165) is 25.2 Å². The maximum atomic E-state index is 12.5. The van der Waals surface area contributed by atoms with Gasteiger partial charge < -0.3 is 10.6 Å². The molecule has 2 N–H and O–H groups in total. The average Bonchev–Trinajstić information content (AvgIpc) is 2.66. The molecule has 5 heteroatoms. The fraction of sp³-hybridized carbons (Fsp3) is 0.400. The van der Waals surface area contributed by atoms with Crippen LogP contribution in [0.2, 0.25) is 0 Å². The zero-order valence-electron chi connectivity index (χ0n) is 14.3. The normalized spacial score (nSPS) is 27.7. The molecule has 5 nitrogen and oxygen atoms in total. The lowest BCUT2D eigenvalue weighted by Crippen LogP contribution is -2.64. The molecule has 2 bridgehead atoms. The van der Waals surface area contributed by atoms with E-state index in [1.165, 1.54) is 18.4 Å². The maximum Gasteiger partial charge on any atom is 0.319 e. The van der Waals surface area contributed by atoms with Crippen LogP contribution in [0.25, 0.3) is 0 Å². The van der Waals surface area contributed by atoms with Gasteiger partial charge in [-0.1, -0.05) is 24.3 Å². The number of nitrogens with zero attached hydrogens (tertiary/aromatic N) is 2. The quantitative estimate of drug-likeness (QED) is 0.903. The Hall–Kier alpha value is -2.40. The number of para-hydroxylation sites is 1. The van der Waals surface area contributed by atoms with E-state index in [0.29, 0.717) is 12.0 Å². The Morgan fingerprint density at radius 3 is 2.64 bits per heavy atom. The molecule has 130 valence electrons. The topological polar surface area (TPSA) is 57.3 Å². The van der Waals surface area contributed by atoms with Crippen molar-refractivity contribution in [3.63, 3.8) is 0 Å². The highest BCUT2D eigenvalue weighted by Gasteiger charge is 2.42. The van der Waals surface area contributed by atoms with Gasteiger partial charge in [0.1, 0.15) is 0 Å². The van der Waals surface area contributed by atoms with Gasteiger partial charge in [0, 0.05) is 30.2 Å². The van der Waals surface area contributed by atoms with Crippen LogP contribution in [0.1, 0.15) is 18.4 Å². The molecule has 3 aliphatic heterocycles. The third-order valence-corrected chi connectivity index (χ3v) is 5.46. The molecular weight excluding hydrogens is 312 g/mol. The van der Waals surface area contributed by atoms with E-state index in [-0.39, 0.29) is 12.1 Å². The Morgan fingerprint density at radius 2 is 1.92 bits per heavy atom. The first kappa shape index (κ1) is 16.1. The van der Waals surface area contributed by atoms with Crippen LogP contribution in [-0.4, -0.2) is 41.1 Å². The Bertz CT molecular complexity index is 698. The second kappa shape index (κ2) is 7.23. The van der Waals surface area contributed by atoms with Gasteiger partial charge in [0.05, 0.1) is 0 Å². The Balaban J connectivity index is 1.46. The number of hydrogen-bond donors (Lipinski definition) is 2. The molecule has 0 saturated carbocycles. The zero-order chi connectivity index (χ0) is 17.1. The van der Waals surface area contributed by atoms with Crippen LogP contribution < -0.4 is 10.6 Å². The van der Waals surface area contributed by atoms with Gasteiger partial charge in [0.15, 0.2) is 0 Å². The molecule has 1 aromatic heterocycles. The highest BCUT2D eigenvalue weighted by Crippen LogP contribution is 2.34. The van der Waals surface area contributed by atoms with Crippen molar-refractivity contribution >= 4 is 11.7 Å². The summed E-state index contributed by atoms with van der Waals surface area (Å²) in [4.78, 5) is 19.3. The van der Waals surface area contributed by atoms with Gasteiger partial charge in [-0.2, -0.15) is 0 Å². The lowest BCUT2D eigenvalue weighted by Gasteiger charge is -2.51. The number of benzene rings is 1. The molecule has 0 aliphatic carbocycles. The fourth-order valence-corrected chi connectivity index (χ4v) is 4.22. The predicted octanol–water partition coefficient (Wildman–Crippen LogP) is 2.91. The third-order valence-electron chi connectivity index (χ3n) is 5.46. The number of carbonyl (C=O) groups is 1. The smallest absolute Gasteiger partial charge is 0.319 e. The molecule has 5 rings (SSSR count). The standard InChI is InChI=1S/C20H24N4O/c25-20(22-17-6-2-1-3-7-17)23-19-16-8-11-24(12-9-16)18(19)13-15-5-4-10-21-14-15/h1-7,10,14,16,18-19H,8-9,11-13H2,(H2,22,23,25). The number of nitrogens with one attached hydrogen (secondary N) is 2. The molecule has 4 heterocycles. The van der Waals surface area contributed by atoms with Crippen LogP contribution in [0, 0.1) is 5.92 Å². The number of rotatable bonds is 4. The van der Waals surface area contributed by atoms with E-state index in [4.69, 9.17) is 0 Å². The van der Waals surface area contributed by atoms with Gasteiger partial charge in [-0.15, -0.1) is 0 Å². The number of hydrogen-bond acceptors (Lipinski definition) is 3. The molecule has 2 amide bonds. The van der Waals surface area contributed by atoms with E-state index in [1.807, 2.05) is 42.6 Å². The largest absolute Gasteiger partial charge is 0.333 e. The Kier molecular flexibility index (Phi) is 4.65. The minimum absolute atomic E-state index is 0.110. The van der Waals surface area contributed by atoms with Crippen molar-refractivity contribution in [2.45, 2.75) is 31.3 Å². The summed E-state index contributed by atoms with van der Waals surface area (Å²) in [6, 6.07) is 14.1. The van der Waals surface area contributed by atoms with E-state index in [9.17, 15) is 4.79 Å². The number of carbonyl (C=O) groups excluding carboxylic acids is 1. The molecule has 2 unspecified atom stereocenters. The first-order valence-electron chi connectivity index (χ1n) is 9.05. The molecule has 0 radical (unpaired) electrons. The molecule has 2 aromatic rings. The van der Waals surface area contributed by atoms with Crippen LogP contribution in [0.3, 0.4) is 0 Å². The van der Waals surface area contributed by atoms with Crippen molar-refractivity contribution < 1.29 is 4.79 Å². The first-order valence-corrected chi connectivity index (χ1v) is 9.05. The molecule has 3 saturated heterocycles. The van der Waals surface area contributed by atoms with Gasteiger partial charge in [0.2, 0.25) is 0 Å².